The van der Waals surface area contributed by atoms with Crippen molar-refractivity contribution in [2.75, 3.05) is 0 Å². The number of halogens is 2. The first-order valence-electron chi connectivity index (χ1n) is 5.58. The molecular weight excluding hydrogens is 312 g/mol. The van der Waals surface area contributed by atoms with Crippen LogP contribution in [0, 0.1) is 0 Å². The van der Waals surface area contributed by atoms with E-state index in [2.05, 4.69) is 31.5 Å². The Balaban J connectivity index is 2.37. The Morgan fingerprint density at radius 1 is 1.06 bits per heavy atom. The average molecular weight is 322 g/mol. The number of alkyl halides is 1. The smallest absolute Gasteiger partial charge is 0.129 e. The van der Waals surface area contributed by atoms with E-state index < -0.39 is 0 Å². The van der Waals surface area contributed by atoms with Gasteiger partial charge in [0, 0.05) is 4.47 Å². The number of rotatable bonds is 2. The van der Waals surface area contributed by atoms with Crippen molar-refractivity contribution in [3.63, 3.8) is 0 Å². The zero-order valence-electron chi connectivity index (χ0n) is 9.48. The van der Waals surface area contributed by atoms with E-state index in [0.29, 0.717) is 5.88 Å². The van der Waals surface area contributed by atoms with Gasteiger partial charge in [0.25, 0.3) is 0 Å². The second-order valence-corrected chi connectivity index (χ2v) is 5.06. The average Bonchev–Trinajstić information content (AvgIpc) is 2.78. The Labute approximate surface area is 118 Å². The molecule has 0 aliphatic carbocycles. The van der Waals surface area contributed by atoms with Crippen LogP contribution in [0.1, 0.15) is 5.82 Å². The van der Waals surface area contributed by atoms with Gasteiger partial charge in [-0.2, -0.15) is 0 Å². The van der Waals surface area contributed by atoms with Gasteiger partial charge < -0.3 is 0 Å². The normalized spacial score (nSPS) is 11.0. The van der Waals surface area contributed by atoms with Crippen molar-refractivity contribution in [1.29, 1.82) is 0 Å². The number of benzene rings is 2. The molecule has 0 fully saturated rings. The van der Waals surface area contributed by atoms with Crippen molar-refractivity contribution >= 4 is 38.6 Å². The van der Waals surface area contributed by atoms with Gasteiger partial charge >= 0.3 is 0 Å². The summed E-state index contributed by atoms with van der Waals surface area (Å²) in [6.45, 7) is 0. The number of fused-ring (bicyclic) bond motifs is 1. The molecule has 0 atom stereocenters. The SMILES string of the molecule is ClCc1nc2ccccc2n1-c1ccccc1Br. The highest BCUT2D eigenvalue weighted by molar-refractivity contribution is 9.10. The number of imidazole rings is 1. The van der Waals surface area contributed by atoms with Gasteiger partial charge in [-0.05, 0) is 40.2 Å². The molecule has 0 aliphatic rings. The lowest BCUT2D eigenvalue weighted by Gasteiger charge is -2.09. The lowest BCUT2D eigenvalue weighted by Crippen LogP contribution is -1.99. The van der Waals surface area contributed by atoms with E-state index in [9.17, 15) is 0 Å². The van der Waals surface area contributed by atoms with Gasteiger partial charge in [-0.25, -0.2) is 4.98 Å². The number of hydrogen-bond donors (Lipinski definition) is 0. The molecule has 0 unspecified atom stereocenters. The third-order valence-electron chi connectivity index (χ3n) is 2.84. The van der Waals surface area contributed by atoms with Gasteiger partial charge in [0.2, 0.25) is 0 Å². The molecule has 0 aliphatic heterocycles. The van der Waals surface area contributed by atoms with Crippen LogP contribution in [0.15, 0.2) is 53.0 Å². The summed E-state index contributed by atoms with van der Waals surface area (Å²) in [5.41, 5.74) is 3.09. The molecule has 90 valence electrons. The number of hydrogen-bond acceptors (Lipinski definition) is 1. The number of nitrogens with zero attached hydrogens (tertiary/aromatic N) is 2. The van der Waals surface area contributed by atoms with E-state index in [-0.39, 0.29) is 0 Å². The van der Waals surface area contributed by atoms with Gasteiger partial charge in [0.05, 0.1) is 22.6 Å². The quantitative estimate of drug-likeness (QED) is 0.634. The summed E-state index contributed by atoms with van der Waals surface area (Å²) in [6.07, 6.45) is 0. The number of para-hydroxylation sites is 3. The Bertz CT molecular complexity index is 706. The highest BCUT2D eigenvalue weighted by atomic mass is 79.9. The number of aromatic nitrogens is 2. The van der Waals surface area contributed by atoms with Crippen molar-refractivity contribution in [2.45, 2.75) is 5.88 Å². The minimum absolute atomic E-state index is 0.385. The molecule has 4 heteroatoms. The van der Waals surface area contributed by atoms with Gasteiger partial charge in [-0.15, -0.1) is 11.6 Å². The lowest BCUT2D eigenvalue weighted by atomic mass is 10.3. The summed E-state index contributed by atoms with van der Waals surface area (Å²) in [6, 6.07) is 16.1. The van der Waals surface area contributed by atoms with Crippen LogP contribution < -0.4 is 0 Å². The molecule has 0 spiro atoms. The summed E-state index contributed by atoms with van der Waals surface area (Å²) in [5, 5.41) is 0. The molecular formula is C14H10BrClN2. The molecule has 0 amide bonds. The van der Waals surface area contributed by atoms with Crippen molar-refractivity contribution in [3.8, 4) is 5.69 Å². The third-order valence-corrected chi connectivity index (χ3v) is 3.75. The van der Waals surface area contributed by atoms with Crippen LogP contribution in [-0.2, 0) is 5.88 Å². The lowest BCUT2D eigenvalue weighted by molar-refractivity contribution is 0.977. The van der Waals surface area contributed by atoms with Crippen LogP contribution in [0.25, 0.3) is 16.7 Å². The maximum atomic E-state index is 6.01. The third kappa shape index (κ3) is 1.84. The minimum Gasteiger partial charge on any atom is -0.294 e. The second-order valence-electron chi connectivity index (χ2n) is 3.94. The summed E-state index contributed by atoms with van der Waals surface area (Å²) in [7, 11) is 0. The Hall–Kier alpha value is -1.32. The maximum Gasteiger partial charge on any atom is 0.129 e. The van der Waals surface area contributed by atoms with E-state index in [0.717, 1.165) is 27.0 Å². The Kier molecular flexibility index (Phi) is 3.10. The molecule has 0 radical (unpaired) electrons. The van der Waals surface area contributed by atoms with Crippen LogP contribution in [0.2, 0.25) is 0 Å². The second kappa shape index (κ2) is 4.75. The molecule has 1 heterocycles. The van der Waals surface area contributed by atoms with Crippen LogP contribution in [0.4, 0.5) is 0 Å². The summed E-state index contributed by atoms with van der Waals surface area (Å²) >= 11 is 9.58. The van der Waals surface area contributed by atoms with Crippen LogP contribution >= 0.6 is 27.5 Å². The zero-order chi connectivity index (χ0) is 12.5. The van der Waals surface area contributed by atoms with Gasteiger partial charge in [0.15, 0.2) is 0 Å². The van der Waals surface area contributed by atoms with Crippen LogP contribution in [-0.4, -0.2) is 9.55 Å². The van der Waals surface area contributed by atoms with E-state index >= 15 is 0 Å². The van der Waals surface area contributed by atoms with Crippen LogP contribution in [0.5, 0.6) is 0 Å². The minimum atomic E-state index is 0.385. The maximum absolute atomic E-state index is 6.01. The largest absolute Gasteiger partial charge is 0.294 e. The van der Waals surface area contributed by atoms with Crippen molar-refractivity contribution in [2.24, 2.45) is 0 Å². The molecule has 2 nitrogen and oxygen atoms in total. The van der Waals surface area contributed by atoms with Gasteiger partial charge in [-0.1, -0.05) is 24.3 Å². The zero-order valence-corrected chi connectivity index (χ0v) is 11.8. The van der Waals surface area contributed by atoms with Crippen molar-refractivity contribution in [3.05, 3.63) is 58.8 Å². The topological polar surface area (TPSA) is 17.8 Å². The predicted octanol–water partition coefficient (Wildman–Crippen LogP) is 4.53. The summed E-state index contributed by atoms with van der Waals surface area (Å²) in [4.78, 5) is 4.56. The fourth-order valence-corrected chi connectivity index (χ4v) is 2.71. The molecule has 0 saturated heterocycles. The Morgan fingerprint density at radius 2 is 1.78 bits per heavy atom. The molecule has 0 N–H and O–H groups in total. The van der Waals surface area contributed by atoms with Gasteiger partial charge in [-0.3, -0.25) is 4.57 Å². The molecule has 0 bridgehead atoms. The van der Waals surface area contributed by atoms with Crippen molar-refractivity contribution < 1.29 is 0 Å². The van der Waals surface area contributed by atoms with Crippen LogP contribution in [0.3, 0.4) is 0 Å². The van der Waals surface area contributed by atoms with Crippen molar-refractivity contribution in [1.82, 2.24) is 9.55 Å². The summed E-state index contributed by atoms with van der Waals surface area (Å²) < 4.78 is 3.12. The fraction of sp³-hybridized carbons (Fsp3) is 0.0714. The highest BCUT2D eigenvalue weighted by Gasteiger charge is 2.12. The molecule has 3 rings (SSSR count). The summed E-state index contributed by atoms with van der Waals surface area (Å²) in [5.74, 6) is 1.24. The molecule has 3 aromatic rings. The first-order valence-corrected chi connectivity index (χ1v) is 6.91. The van der Waals surface area contributed by atoms with E-state index in [1.807, 2.05) is 42.5 Å². The molecule has 0 saturated carbocycles. The monoisotopic (exact) mass is 320 g/mol. The first kappa shape index (κ1) is 11.8. The molecule has 18 heavy (non-hydrogen) atoms. The van der Waals surface area contributed by atoms with E-state index in [1.54, 1.807) is 0 Å². The molecule has 2 aromatic carbocycles. The van der Waals surface area contributed by atoms with Gasteiger partial charge in [0.1, 0.15) is 5.82 Å². The van der Waals surface area contributed by atoms with E-state index in [1.165, 1.54) is 0 Å². The first-order chi connectivity index (χ1) is 8.81. The van der Waals surface area contributed by atoms with E-state index in [4.69, 9.17) is 11.6 Å². The highest BCUT2D eigenvalue weighted by Crippen LogP contribution is 2.27. The standard InChI is InChI=1S/C14H10BrClN2/c15-10-5-1-3-7-12(10)18-13-8-4-2-6-11(13)17-14(18)9-16/h1-8H,9H2. The molecule has 1 aromatic heterocycles. The Morgan fingerprint density at radius 3 is 2.56 bits per heavy atom. The predicted molar refractivity (Wildman–Crippen MR) is 78.3 cm³/mol. The fourth-order valence-electron chi connectivity index (χ4n) is 2.07.